The molecule has 0 aliphatic carbocycles. The van der Waals surface area contributed by atoms with E-state index in [1.807, 2.05) is 48.0 Å². The van der Waals surface area contributed by atoms with Crippen LogP contribution < -0.4 is 4.90 Å². The molecule has 0 spiro atoms. The molecule has 36 heavy (non-hydrogen) atoms. The maximum absolute atomic E-state index is 15.8. The third kappa shape index (κ3) is 4.72. The molecule has 188 valence electrons. The van der Waals surface area contributed by atoms with E-state index in [1.165, 1.54) is 9.80 Å². The largest absolute Gasteiger partial charge is 0.449 e. The number of hydrogen-bond acceptors (Lipinski definition) is 4. The van der Waals surface area contributed by atoms with Crippen LogP contribution in [0.1, 0.15) is 37.3 Å². The van der Waals surface area contributed by atoms with Crippen LogP contribution in [0.25, 0.3) is 11.3 Å². The summed E-state index contributed by atoms with van der Waals surface area (Å²) in [7, 11) is 0. The molecule has 5 rings (SSSR count). The van der Waals surface area contributed by atoms with Gasteiger partial charge in [-0.3, -0.25) is 9.48 Å². The topological polar surface area (TPSA) is 67.7 Å². The molecule has 0 saturated carbocycles. The minimum absolute atomic E-state index is 0.0166. The lowest BCUT2D eigenvalue weighted by Crippen LogP contribution is -2.48. The normalized spacial score (nSPS) is 18.9. The number of aromatic nitrogens is 2. The number of carbonyl (C=O) groups excluding carboxylic acids is 2. The van der Waals surface area contributed by atoms with Crippen LogP contribution in [-0.4, -0.2) is 58.6 Å². The second-order valence-electron chi connectivity index (χ2n) is 9.51. The van der Waals surface area contributed by atoms with Crippen LogP contribution in [0.2, 0.25) is 0 Å². The van der Waals surface area contributed by atoms with Crippen molar-refractivity contribution >= 4 is 17.7 Å². The number of nitrogens with zero attached hydrogens (tertiary/aromatic N) is 4. The third-order valence-electron chi connectivity index (χ3n) is 6.99. The number of likely N-dealkylation sites (tertiary alicyclic amines) is 1. The Labute approximate surface area is 210 Å². The van der Waals surface area contributed by atoms with Gasteiger partial charge in [0.2, 0.25) is 5.67 Å². The second-order valence-corrected chi connectivity index (χ2v) is 9.51. The maximum Gasteiger partial charge on any atom is 0.409 e. The summed E-state index contributed by atoms with van der Waals surface area (Å²) in [5.41, 5.74) is 2.80. The summed E-state index contributed by atoms with van der Waals surface area (Å²) in [4.78, 5) is 28.4. The van der Waals surface area contributed by atoms with Gasteiger partial charge in [-0.2, -0.15) is 5.10 Å². The number of benzene rings is 2. The summed E-state index contributed by atoms with van der Waals surface area (Å²) in [5.74, 6) is -0.577. The smallest absolute Gasteiger partial charge is 0.409 e. The Bertz CT molecular complexity index is 1240. The second kappa shape index (κ2) is 10.1. The lowest BCUT2D eigenvalue weighted by atomic mass is 10.0. The molecule has 1 saturated heterocycles. The molecule has 1 fully saturated rings. The van der Waals surface area contributed by atoms with Crippen LogP contribution in [0.3, 0.4) is 0 Å². The number of amides is 2. The monoisotopic (exact) mass is 490 g/mol. The quantitative estimate of drug-likeness (QED) is 0.445. The van der Waals surface area contributed by atoms with Crippen LogP contribution in [0, 0.1) is 0 Å². The number of halogens is 1. The summed E-state index contributed by atoms with van der Waals surface area (Å²) in [6.45, 7) is 3.31. The van der Waals surface area contributed by atoms with Crippen LogP contribution >= 0.6 is 0 Å². The Morgan fingerprint density at radius 2 is 1.94 bits per heavy atom. The number of unbranched alkanes of at least 4 members (excludes halogenated alkanes) is 1. The number of fused-ring (bicyclic) bond motifs is 1. The highest BCUT2D eigenvalue weighted by Crippen LogP contribution is 2.37. The molecule has 2 aromatic carbocycles. The van der Waals surface area contributed by atoms with Crippen molar-refractivity contribution in [3.8, 4) is 11.3 Å². The van der Waals surface area contributed by atoms with Crippen molar-refractivity contribution in [2.24, 2.45) is 0 Å². The van der Waals surface area contributed by atoms with Crippen LogP contribution in [-0.2, 0) is 22.5 Å². The number of ether oxygens (including phenoxy) is 1. The lowest BCUT2D eigenvalue weighted by molar-refractivity contribution is -0.129. The van der Waals surface area contributed by atoms with Crippen LogP contribution in [0.15, 0.2) is 60.8 Å². The average molecular weight is 491 g/mol. The van der Waals surface area contributed by atoms with Gasteiger partial charge in [-0.05, 0) is 42.2 Å². The van der Waals surface area contributed by atoms with Crippen molar-refractivity contribution in [2.75, 3.05) is 31.1 Å². The first-order chi connectivity index (χ1) is 17.5. The molecule has 8 heteroatoms. The highest BCUT2D eigenvalue weighted by atomic mass is 19.1. The summed E-state index contributed by atoms with van der Waals surface area (Å²) in [5, 5.41) is 4.49. The Morgan fingerprint density at radius 3 is 2.75 bits per heavy atom. The molecule has 2 amide bonds. The first kappa shape index (κ1) is 24.0. The van der Waals surface area contributed by atoms with E-state index in [9.17, 15) is 9.59 Å². The van der Waals surface area contributed by atoms with Gasteiger partial charge in [0.05, 0.1) is 25.4 Å². The summed E-state index contributed by atoms with van der Waals surface area (Å²) in [6, 6.07) is 18.0. The van der Waals surface area contributed by atoms with Gasteiger partial charge in [-0.1, -0.05) is 49.7 Å². The molecule has 0 radical (unpaired) electrons. The van der Waals surface area contributed by atoms with Crippen molar-refractivity contribution in [1.29, 1.82) is 0 Å². The van der Waals surface area contributed by atoms with Crippen molar-refractivity contribution in [1.82, 2.24) is 14.7 Å². The summed E-state index contributed by atoms with van der Waals surface area (Å²) >= 11 is 0. The summed E-state index contributed by atoms with van der Waals surface area (Å²) in [6.07, 6.45) is 3.54. The molecule has 1 unspecified atom stereocenters. The van der Waals surface area contributed by atoms with Crippen LogP contribution in [0.5, 0.6) is 0 Å². The number of carbonyl (C=O) groups is 2. The number of rotatable bonds is 7. The molecule has 1 aromatic heterocycles. The molecule has 2 aliphatic heterocycles. The fraction of sp³-hybridized carbons (Fsp3) is 0.393. The van der Waals surface area contributed by atoms with Gasteiger partial charge in [-0.25, -0.2) is 9.18 Å². The molecule has 2 aliphatic rings. The van der Waals surface area contributed by atoms with Crippen LogP contribution in [0.4, 0.5) is 14.9 Å². The first-order valence-corrected chi connectivity index (χ1v) is 12.6. The van der Waals surface area contributed by atoms with E-state index in [0.29, 0.717) is 26.1 Å². The molecule has 0 bridgehead atoms. The van der Waals surface area contributed by atoms with Crippen molar-refractivity contribution in [2.45, 2.75) is 44.8 Å². The van der Waals surface area contributed by atoms with Gasteiger partial charge in [0.15, 0.2) is 0 Å². The molecule has 3 heterocycles. The molecular weight excluding hydrogens is 459 g/mol. The number of anilines is 1. The maximum atomic E-state index is 15.8. The van der Waals surface area contributed by atoms with Gasteiger partial charge in [0.25, 0.3) is 5.91 Å². The zero-order valence-electron chi connectivity index (χ0n) is 20.5. The van der Waals surface area contributed by atoms with Gasteiger partial charge >= 0.3 is 6.09 Å². The SMILES string of the molecule is CCCCOC(=O)N1CCC(F)(C(=O)N2CCc3cc(-c4ccnn4Cc4ccccc4)ccc32)C1. The minimum Gasteiger partial charge on any atom is -0.449 e. The van der Waals surface area contributed by atoms with E-state index >= 15 is 4.39 Å². The highest BCUT2D eigenvalue weighted by Gasteiger charge is 2.50. The molecule has 0 N–H and O–H groups in total. The minimum atomic E-state index is -2.10. The number of alkyl halides is 1. The lowest BCUT2D eigenvalue weighted by Gasteiger charge is -2.26. The zero-order valence-corrected chi connectivity index (χ0v) is 20.5. The predicted molar refractivity (Wildman–Crippen MR) is 136 cm³/mol. The van der Waals surface area contributed by atoms with E-state index in [1.54, 1.807) is 6.20 Å². The molecule has 3 aromatic rings. The van der Waals surface area contributed by atoms with Gasteiger partial charge < -0.3 is 14.5 Å². The molecule has 7 nitrogen and oxygen atoms in total. The molecular formula is C28H31FN4O3. The van der Waals surface area contributed by atoms with E-state index in [2.05, 4.69) is 23.3 Å². The standard InChI is InChI=1S/C28H31FN4O3/c1-2-3-17-36-27(35)31-16-13-28(29,20-31)26(34)32-15-12-23-18-22(9-10-24(23)32)25-11-14-30-33(25)19-21-7-5-4-6-8-21/h4-11,14,18H,2-3,12-13,15-17,19-20H2,1H3. The zero-order chi connectivity index (χ0) is 25.1. The fourth-order valence-electron chi connectivity index (χ4n) is 4.97. The van der Waals surface area contributed by atoms with Crippen molar-refractivity contribution in [3.63, 3.8) is 0 Å². The number of hydrogen-bond donors (Lipinski definition) is 0. The van der Waals surface area contributed by atoms with Gasteiger partial charge in [-0.15, -0.1) is 0 Å². The summed E-state index contributed by atoms with van der Waals surface area (Å²) < 4.78 is 22.9. The Balaban J connectivity index is 1.29. The Hall–Kier alpha value is -3.68. The molecule has 1 atom stereocenters. The van der Waals surface area contributed by atoms with Crippen molar-refractivity contribution < 1.29 is 18.7 Å². The van der Waals surface area contributed by atoms with Gasteiger partial charge in [0.1, 0.15) is 0 Å². The van der Waals surface area contributed by atoms with E-state index in [0.717, 1.165) is 40.9 Å². The van der Waals surface area contributed by atoms with E-state index < -0.39 is 17.7 Å². The highest BCUT2D eigenvalue weighted by molar-refractivity contribution is 6.02. The van der Waals surface area contributed by atoms with Crippen molar-refractivity contribution in [3.05, 3.63) is 71.9 Å². The van der Waals surface area contributed by atoms with E-state index in [-0.39, 0.29) is 19.5 Å². The Morgan fingerprint density at radius 1 is 1.11 bits per heavy atom. The van der Waals surface area contributed by atoms with Gasteiger partial charge in [0, 0.05) is 37.0 Å². The predicted octanol–water partition coefficient (Wildman–Crippen LogP) is 4.84. The van der Waals surface area contributed by atoms with E-state index in [4.69, 9.17) is 4.74 Å². The fourth-order valence-corrected chi connectivity index (χ4v) is 4.97. The Kier molecular flexibility index (Phi) is 6.76. The average Bonchev–Trinajstić information content (AvgIpc) is 3.63. The third-order valence-corrected chi connectivity index (χ3v) is 6.99. The first-order valence-electron chi connectivity index (χ1n) is 12.6.